The van der Waals surface area contributed by atoms with E-state index in [1.165, 1.54) is 0 Å². The Morgan fingerprint density at radius 3 is 2.45 bits per heavy atom. The quantitative estimate of drug-likeness (QED) is 0.555. The van der Waals surface area contributed by atoms with Crippen LogP contribution in [0.2, 0.25) is 0 Å². The van der Waals surface area contributed by atoms with Crippen molar-refractivity contribution in [1.82, 2.24) is 10.6 Å². The number of carbonyl (C=O) groups excluding carboxylic acids is 1. The third-order valence-corrected chi connectivity index (χ3v) is 4.90. The van der Waals surface area contributed by atoms with Gasteiger partial charge in [0.15, 0.2) is 5.79 Å². The van der Waals surface area contributed by atoms with Crippen LogP contribution in [0.4, 0.5) is 0 Å². The third kappa shape index (κ3) is 5.34. The predicted molar refractivity (Wildman–Crippen MR) is 104 cm³/mol. The molecule has 1 aromatic rings. The molecule has 1 aromatic carbocycles. The van der Waals surface area contributed by atoms with Crippen LogP contribution in [0.3, 0.4) is 0 Å². The minimum absolute atomic E-state index is 0.148. The number of hydrogen-bond donors (Lipinski definition) is 3. The summed E-state index contributed by atoms with van der Waals surface area (Å²) >= 11 is 0. The van der Waals surface area contributed by atoms with Crippen LogP contribution in [0.1, 0.15) is 36.2 Å². The number of carboxylic acid groups (broad SMARTS) is 1. The van der Waals surface area contributed by atoms with E-state index in [0.717, 1.165) is 5.56 Å². The van der Waals surface area contributed by atoms with E-state index in [4.69, 9.17) is 25.7 Å². The highest BCUT2D eigenvalue weighted by Crippen LogP contribution is 2.39. The molecule has 8 heteroatoms. The maximum Gasteiger partial charge on any atom is 0.335 e. The first kappa shape index (κ1) is 21.3. The number of carbonyl (C=O) groups is 2. The molecule has 156 valence electrons. The van der Waals surface area contributed by atoms with Gasteiger partial charge in [-0.3, -0.25) is 4.79 Å². The van der Waals surface area contributed by atoms with Crippen molar-refractivity contribution in [2.75, 3.05) is 13.1 Å². The van der Waals surface area contributed by atoms with Crippen molar-refractivity contribution in [1.29, 1.82) is 0 Å². The Morgan fingerprint density at radius 2 is 1.83 bits per heavy atom. The van der Waals surface area contributed by atoms with Crippen LogP contribution in [0.25, 0.3) is 0 Å². The summed E-state index contributed by atoms with van der Waals surface area (Å²) in [4.78, 5) is 23.0. The molecule has 2 fully saturated rings. The number of carboxylic acids is 1. The average molecular weight is 402 g/mol. The summed E-state index contributed by atoms with van der Waals surface area (Å²) in [6, 6.07) is 6.68. The normalized spacial score (nSPS) is 27.2. The molecule has 0 spiro atoms. The van der Waals surface area contributed by atoms with Gasteiger partial charge in [-0.05, 0) is 31.5 Å². The molecule has 1 amide bonds. The second kappa shape index (κ2) is 8.93. The molecule has 3 N–H and O–H groups in total. The smallest absolute Gasteiger partial charge is 0.335 e. The predicted octanol–water partition coefficient (Wildman–Crippen LogP) is 0.901. The fourth-order valence-corrected chi connectivity index (χ4v) is 3.63. The molecule has 4 unspecified atom stereocenters. The van der Waals surface area contributed by atoms with Crippen LogP contribution >= 0.6 is 0 Å². The molecule has 0 radical (unpaired) electrons. The molecular weight excluding hydrogens is 376 g/mol. The van der Waals surface area contributed by atoms with Gasteiger partial charge < -0.3 is 30.0 Å². The van der Waals surface area contributed by atoms with Crippen molar-refractivity contribution < 1.29 is 28.9 Å². The fraction of sp³-hybridized carbons (Fsp3) is 0.524. The van der Waals surface area contributed by atoms with E-state index in [9.17, 15) is 9.59 Å². The van der Waals surface area contributed by atoms with Gasteiger partial charge in [0, 0.05) is 13.1 Å². The molecule has 0 bridgehead atoms. The second-order valence-electron chi connectivity index (χ2n) is 7.60. The largest absolute Gasteiger partial charge is 0.478 e. The Hall–Kier alpha value is -2.44. The first-order chi connectivity index (χ1) is 13.8. The number of terminal acetylenes is 1. The summed E-state index contributed by atoms with van der Waals surface area (Å²) in [6.07, 6.45) is 4.03. The zero-order valence-corrected chi connectivity index (χ0v) is 16.5. The number of benzene rings is 1. The zero-order valence-electron chi connectivity index (χ0n) is 16.5. The van der Waals surface area contributed by atoms with Crippen LogP contribution in [-0.2, 0) is 25.5 Å². The Kier molecular flexibility index (Phi) is 6.55. The van der Waals surface area contributed by atoms with Crippen LogP contribution in [0.5, 0.6) is 0 Å². The molecule has 8 nitrogen and oxygen atoms in total. The maximum absolute atomic E-state index is 12.0. The van der Waals surface area contributed by atoms with Crippen LogP contribution in [0.15, 0.2) is 24.3 Å². The SMILES string of the molecule is C#CCNC(=O)CC1OC(CNCc2ccc(C(=O)O)cc2)C2OC(C)(C)OC12. The summed E-state index contributed by atoms with van der Waals surface area (Å²) in [5.74, 6) is 0.496. The molecule has 2 aliphatic rings. The van der Waals surface area contributed by atoms with E-state index in [2.05, 4.69) is 16.6 Å². The van der Waals surface area contributed by atoms with Gasteiger partial charge in [0.2, 0.25) is 5.91 Å². The standard InChI is InChI=1S/C21H26N2O6/c1-4-9-23-17(24)10-15-18-19(29-21(2,3)28-18)16(27-15)12-22-11-13-5-7-14(8-6-13)20(25)26/h1,5-8,15-16,18-19,22H,9-12H2,2-3H3,(H,23,24)(H,25,26). The molecule has 2 heterocycles. The summed E-state index contributed by atoms with van der Waals surface area (Å²) in [5.41, 5.74) is 1.21. The summed E-state index contributed by atoms with van der Waals surface area (Å²) in [5, 5.41) is 14.9. The van der Waals surface area contributed by atoms with Crippen molar-refractivity contribution in [2.45, 2.75) is 57.0 Å². The Morgan fingerprint density at radius 1 is 1.17 bits per heavy atom. The van der Waals surface area contributed by atoms with E-state index in [0.29, 0.717) is 13.1 Å². The maximum atomic E-state index is 12.0. The second-order valence-corrected chi connectivity index (χ2v) is 7.60. The van der Waals surface area contributed by atoms with Crippen molar-refractivity contribution in [3.63, 3.8) is 0 Å². The summed E-state index contributed by atoms with van der Waals surface area (Å²) < 4.78 is 18.0. The molecule has 0 aromatic heterocycles. The highest BCUT2D eigenvalue weighted by Gasteiger charge is 2.55. The van der Waals surface area contributed by atoms with E-state index in [1.807, 2.05) is 13.8 Å². The van der Waals surface area contributed by atoms with Crippen LogP contribution < -0.4 is 10.6 Å². The Balaban J connectivity index is 1.56. The van der Waals surface area contributed by atoms with Crippen LogP contribution in [0, 0.1) is 12.3 Å². The van der Waals surface area contributed by atoms with Gasteiger partial charge in [0.05, 0.1) is 30.7 Å². The number of fused-ring (bicyclic) bond motifs is 1. The lowest BCUT2D eigenvalue weighted by Gasteiger charge is -2.24. The average Bonchev–Trinajstić information content (AvgIpc) is 3.14. The highest BCUT2D eigenvalue weighted by atomic mass is 16.8. The summed E-state index contributed by atoms with van der Waals surface area (Å²) in [6.45, 7) is 4.91. The minimum Gasteiger partial charge on any atom is -0.478 e. The number of rotatable bonds is 8. The van der Waals surface area contributed by atoms with Gasteiger partial charge >= 0.3 is 5.97 Å². The van der Waals surface area contributed by atoms with Crippen molar-refractivity contribution >= 4 is 11.9 Å². The lowest BCUT2D eigenvalue weighted by Crippen LogP contribution is -2.37. The first-order valence-corrected chi connectivity index (χ1v) is 9.53. The summed E-state index contributed by atoms with van der Waals surface area (Å²) in [7, 11) is 0. The van der Waals surface area contributed by atoms with E-state index < -0.39 is 17.9 Å². The molecule has 3 rings (SSSR count). The number of amides is 1. The molecule has 29 heavy (non-hydrogen) atoms. The van der Waals surface area contributed by atoms with E-state index in [1.54, 1.807) is 24.3 Å². The zero-order chi connectivity index (χ0) is 21.0. The van der Waals surface area contributed by atoms with Gasteiger partial charge in [-0.1, -0.05) is 18.1 Å². The monoisotopic (exact) mass is 402 g/mol. The van der Waals surface area contributed by atoms with Crippen LogP contribution in [-0.4, -0.2) is 60.3 Å². The Labute approximate surface area is 169 Å². The number of aromatic carboxylic acids is 1. The lowest BCUT2D eigenvalue weighted by atomic mass is 10.1. The molecule has 4 atom stereocenters. The molecule has 2 saturated heterocycles. The van der Waals surface area contributed by atoms with Gasteiger partial charge in [0.25, 0.3) is 0 Å². The molecular formula is C21H26N2O6. The molecule has 0 saturated carbocycles. The fourth-order valence-electron chi connectivity index (χ4n) is 3.63. The molecule has 0 aliphatic carbocycles. The highest BCUT2D eigenvalue weighted by molar-refractivity contribution is 5.87. The van der Waals surface area contributed by atoms with E-state index >= 15 is 0 Å². The van der Waals surface area contributed by atoms with Gasteiger partial charge in [-0.15, -0.1) is 6.42 Å². The first-order valence-electron chi connectivity index (χ1n) is 9.53. The minimum atomic E-state index is -0.951. The number of ether oxygens (including phenoxy) is 3. The molecule has 2 aliphatic heterocycles. The third-order valence-electron chi connectivity index (χ3n) is 4.90. The lowest BCUT2D eigenvalue weighted by molar-refractivity contribution is -0.187. The van der Waals surface area contributed by atoms with Crippen molar-refractivity contribution in [2.24, 2.45) is 0 Å². The Bertz CT molecular complexity index is 785. The van der Waals surface area contributed by atoms with Gasteiger partial charge in [0.1, 0.15) is 12.2 Å². The number of hydrogen-bond acceptors (Lipinski definition) is 6. The van der Waals surface area contributed by atoms with Crippen molar-refractivity contribution in [3.05, 3.63) is 35.4 Å². The van der Waals surface area contributed by atoms with Gasteiger partial charge in [-0.25, -0.2) is 4.79 Å². The van der Waals surface area contributed by atoms with Crippen molar-refractivity contribution in [3.8, 4) is 12.3 Å². The van der Waals surface area contributed by atoms with Gasteiger partial charge in [-0.2, -0.15) is 0 Å². The topological polar surface area (TPSA) is 106 Å². The van der Waals surface area contributed by atoms with E-state index in [-0.39, 0.29) is 42.7 Å². The number of nitrogens with one attached hydrogen (secondary N) is 2.